The van der Waals surface area contributed by atoms with E-state index in [1.54, 1.807) is 0 Å². The van der Waals surface area contributed by atoms with Gasteiger partial charge in [-0.05, 0) is 7.05 Å². The smallest absolute Gasteiger partial charge is 0.0701 e. The molecule has 0 unspecified atom stereocenters. The van der Waals surface area contributed by atoms with Gasteiger partial charge in [-0.1, -0.05) is 0 Å². The van der Waals surface area contributed by atoms with Crippen LogP contribution in [0.15, 0.2) is 0 Å². The highest BCUT2D eigenvalue weighted by Gasteiger charge is 2.00. The molecule has 0 aromatic heterocycles. The second-order valence-corrected chi connectivity index (χ2v) is 9.71. The summed E-state index contributed by atoms with van der Waals surface area (Å²) in [6.07, 6.45) is 0. The summed E-state index contributed by atoms with van der Waals surface area (Å²) in [5.41, 5.74) is 0. The zero-order valence-electron chi connectivity index (χ0n) is 28.9. The van der Waals surface area contributed by atoms with Crippen LogP contribution >= 0.6 is 0 Å². The number of aliphatic hydroxyl groups excluding tert-OH is 2. The van der Waals surface area contributed by atoms with Gasteiger partial charge in [-0.25, -0.2) is 0 Å². The fourth-order valence-corrected chi connectivity index (χ4v) is 3.30. The lowest BCUT2D eigenvalue weighted by Crippen LogP contribution is -2.28. The second-order valence-electron chi connectivity index (χ2n) is 9.71. The van der Waals surface area contributed by atoms with Crippen LogP contribution in [0.25, 0.3) is 0 Å². The van der Waals surface area contributed by atoms with E-state index in [1.807, 2.05) is 7.05 Å². The van der Waals surface area contributed by atoms with Crippen LogP contribution in [-0.4, -0.2) is 220 Å². The highest BCUT2D eigenvalue weighted by atomic mass is 16.6. The van der Waals surface area contributed by atoms with Gasteiger partial charge < -0.3 is 76.7 Å². The third-order valence-electron chi connectivity index (χ3n) is 5.80. The first kappa shape index (κ1) is 46.4. The molecule has 0 aliphatic heterocycles. The number of ether oxygens (including phenoxy) is 13. The molecule has 0 amide bonds. The van der Waals surface area contributed by atoms with Crippen molar-refractivity contribution in [1.29, 1.82) is 0 Å². The molecule has 0 aliphatic carbocycles. The number of hydrogen-bond donors (Lipinski definition) is 2. The zero-order valence-corrected chi connectivity index (χ0v) is 28.9. The van der Waals surface area contributed by atoms with Crippen molar-refractivity contribution in [2.24, 2.45) is 0 Å². The van der Waals surface area contributed by atoms with Gasteiger partial charge in [-0.3, -0.25) is 0 Å². The molecule has 2 N–H and O–H groups in total. The van der Waals surface area contributed by atoms with Gasteiger partial charge in [-0.15, -0.1) is 0 Å². The highest BCUT2D eigenvalue weighted by Crippen LogP contribution is 1.89. The lowest BCUT2D eigenvalue weighted by molar-refractivity contribution is -0.0223. The van der Waals surface area contributed by atoms with Crippen LogP contribution in [0.3, 0.4) is 0 Å². The minimum absolute atomic E-state index is 0.0244. The molecule has 0 saturated carbocycles. The van der Waals surface area contributed by atoms with E-state index < -0.39 is 0 Å². The first-order chi connectivity index (χ1) is 23.3. The summed E-state index contributed by atoms with van der Waals surface area (Å²) in [5, 5.41) is 17.2. The van der Waals surface area contributed by atoms with E-state index in [1.165, 1.54) is 0 Å². The van der Waals surface area contributed by atoms with Crippen LogP contribution < -0.4 is 0 Å². The molecule has 0 aliphatic rings. The van der Waals surface area contributed by atoms with Crippen molar-refractivity contribution in [2.75, 3.05) is 205 Å². The molecule has 0 radical (unpaired) electrons. The van der Waals surface area contributed by atoms with Gasteiger partial charge in [0.1, 0.15) is 0 Å². The highest BCUT2D eigenvalue weighted by molar-refractivity contribution is 4.50. The van der Waals surface area contributed by atoms with Gasteiger partial charge in [0, 0.05) is 13.1 Å². The summed E-state index contributed by atoms with van der Waals surface area (Å²) in [7, 11) is 2.04. The summed E-state index contributed by atoms with van der Waals surface area (Å²) >= 11 is 0. The molecule has 47 heavy (non-hydrogen) atoms. The molecule has 0 aromatic carbocycles. The summed E-state index contributed by atoms with van der Waals surface area (Å²) < 4.78 is 70.3. The van der Waals surface area contributed by atoms with Crippen LogP contribution in [0, 0.1) is 0 Å². The van der Waals surface area contributed by atoms with Crippen LogP contribution in [0.4, 0.5) is 0 Å². The molecule has 0 bridgehead atoms. The van der Waals surface area contributed by atoms with Crippen molar-refractivity contribution in [2.45, 2.75) is 0 Å². The van der Waals surface area contributed by atoms with E-state index in [0.717, 1.165) is 13.1 Å². The molecule has 0 rings (SSSR count). The Hall–Kier alpha value is -0.640. The molecule has 0 saturated heterocycles. The molecule has 0 spiro atoms. The summed E-state index contributed by atoms with van der Waals surface area (Å²) in [5.74, 6) is 0. The SMILES string of the molecule is CN(CCOCCOCCOCCOCCOCCOCCO)CCOCCOCCOCCOCCOCCOCCOCCO. The number of rotatable bonds is 43. The third kappa shape index (κ3) is 43.3. The van der Waals surface area contributed by atoms with Crippen LogP contribution in [0.2, 0.25) is 0 Å². The fraction of sp³-hybridized carbons (Fsp3) is 1.00. The van der Waals surface area contributed by atoms with E-state index in [-0.39, 0.29) is 13.2 Å². The van der Waals surface area contributed by atoms with Gasteiger partial charge in [0.25, 0.3) is 0 Å². The summed E-state index contributed by atoms with van der Waals surface area (Å²) in [6.45, 7) is 14.8. The van der Waals surface area contributed by atoms with Gasteiger partial charge >= 0.3 is 0 Å². The maximum Gasteiger partial charge on any atom is 0.0701 e. The Morgan fingerprint density at radius 1 is 0.255 bits per heavy atom. The molecule has 0 atom stereocenters. The first-order valence-electron chi connectivity index (χ1n) is 16.7. The first-order valence-corrected chi connectivity index (χ1v) is 16.7. The molecule has 284 valence electrons. The van der Waals surface area contributed by atoms with Crippen molar-refractivity contribution in [3.8, 4) is 0 Å². The molecule has 0 heterocycles. The van der Waals surface area contributed by atoms with Gasteiger partial charge in [0.05, 0.1) is 185 Å². The van der Waals surface area contributed by atoms with E-state index in [0.29, 0.717) is 172 Å². The Morgan fingerprint density at radius 2 is 0.404 bits per heavy atom. The minimum Gasteiger partial charge on any atom is -0.394 e. The standard InChI is InChI=1S/C31H65NO15/c1-32(2-6-35-10-14-39-18-22-43-26-28-45-24-20-41-16-12-37-8-4-33)3-7-36-11-15-40-19-23-44-27-30-47-31-29-46-25-21-42-17-13-38-9-5-34/h33-34H,2-31H2,1H3. The lowest BCUT2D eigenvalue weighted by atomic mass is 10.5. The Bertz CT molecular complexity index is 557. The Kier molecular flexibility index (Phi) is 42.8. The number of aliphatic hydroxyl groups is 2. The van der Waals surface area contributed by atoms with Crippen LogP contribution in [-0.2, 0) is 61.6 Å². The molecule has 16 heteroatoms. The fourth-order valence-electron chi connectivity index (χ4n) is 3.30. The topological polar surface area (TPSA) is 164 Å². The van der Waals surface area contributed by atoms with Gasteiger partial charge in [-0.2, -0.15) is 0 Å². The molecule has 0 fully saturated rings. The van der Waals surface area contributed by atoms with Crippen molar-refractivity contribution >= 4 is 0 Å². The molecular formula is C31H65NO15. The van der Waals surface area contributed by atoms with E-state index in [9.17, 15) is 0 Å². The predicted octanol–water partition coefficient (Wildman–Crippen LogP) is -0.881. The van der Waals surface area contributed by atoms with E-state index >= 15 is 0 Å². The Labute approximate surface area is 282 Å². The minimum atomic E-state index is 0.0244. The number of likely N-dealkylation sites (N-methyl/N-ethyl adjacent to an activating group) is 1. The van der Waals surface area contributed by atoms with Gasteiger partial charge in [0.15, 0.2) is 0 Å². The van der Waals surface area contributed by atoms with Gasteiger partial charge in [0.2, 0.25) is 0 Å². The average molecular weight is 692 g/mol. The predicted molar refractivity (Wildman–Crippen MR) is 172 cm³/mol. The maximum atomic E-state index is 8.59. The van der Waals surface area contributed by atoms with Crippen molar-refractivity contribution in [3.63, 3.8) is 0 Å². The average Bonchev–Trinajstić information content (AvgIpc) is 3.08. The summed E-state index contributed by atoms with van der Waals surface area (Å²) in [4.78, 5) is 2.16. The van der Waals surface area contributed by atoms with Crippen molar-refractivity contribution in [3.05, 3.63) is 0 Å². The Balaban J connectivity index is 3.13. The van der Waals surface area contributed by atoms with E-state index in [2.05, 4.69) is 4.90 Å². The van der Waals surface area contributed by atoms with Crippen LogP contribution in [0.1, 0.15) is 0 Å². The maximum absolute atomic E-state index is 8.59. The Morgan fingerprint density at radius 3 is 0.574 bits per heavy atom. The van der Waals surface area contributed by atoms with Crippen molar-refractivity contribution < 1.29 is 71.8 Å². The molecule has 0 aromatic rings. The monoisotopic (exact) mass is 691 g/mol. The number of nitrogens with zero attached hydrogens (tertiary/aromatic N) is 1. The second kappa shape index (κ2) is 43.4. The van der Waals surface area contributed by atoms with Crippen LogP contribution in [0.5, 0.6) is 0 Å². The largest absolute Gasteiger partial charge is 0.394 e. The number of hydrogen-bond acceptors (Lipinski definition) is 16. The van der Waals surface area contributed by atoms with E-state index in [4.69, 9.17) is 71.8 Å². The third-order valence-corrected chi connectivity index (χ3v) is 5.80. The van der Waals surface area contributed by atoms with Crippen molar-refractivity contribution in [1.82, 2.24) is 4.90 Å². The molecular weight excluding hydrogens is 626 g/mol. The quantitative estimate of drug-likeness (QED) is 0.0757. The lowest BCUT2D eigenvalue weighted by Gasteiger charge is -2.16. The molecule has 16 nitrogen and oxygen atoms in total. The summed E-state index contributed by atoms with van der Waals surface area (Å²) in [6, 6.07) is 0. The zero-order chi connectivity index (χ0) is 34.0. The normalized spacial score (nSPS) is 11.7.